The number of hydrogen-bond acceptors (Lipinski definition) is 7. The van der Waals surface area contributed by atoms with E-state index < -0.39 is 0 Å². The van der Waals surface area contributed by atoms with Crippen LogP contribution in [0.5, 0.6) is 0 Å². The van der Waals surface area contributed by atoms with Gasteiger partial charge in [0, 0.05) is 57.6 Å². The number of carbonyl (C=O) groups is 2. The number of anilines is 1. The van der Waals surface area contributed by atoms with Gasteiger partial charge in [-0.2, -0.15) is 0 Å². The highest BCUT2D eigenvalue weighted by Gasteiger charge is 2.34. The molecular weight excluding hydrogens is 496 g/mol. The molecule has 2 unspecified atom stereocenters. The molecule has 2 heterocycles. The molecule has 1 aromatic carbocycles. The van der Waals surface area contributed by atoms with Crippen LogP contribution in [0.15, 0.2) is 71.6 Å². The molecule has 8 nitrogen and oxygen atoms in total. The lowest BCUT2D eigenvalue weighted by atomic mass is 9.98. The maximum Gasteiger partial charge on any atom is 0.247 e. The van der Waals surface area contributed by atoms with Crippen LogP contribution in [0.1, 0.15) is 38.3 Å². The number of likely N-dealkylation sites (N-methyl/N-ethyl adjacent to an activating group) is 1. The van der Waals surface area contributed by atoms with Crippen LogP contribution in [0.4, 0.5) is 5.69 Å². The van der Waals surface area contributed by atoms with Crippen molar-refractivity contribution in [2.75, 3.05) is 45.1 Å². The van der Waals surface area contributed by atoms with Crippen LogP contribution in [0.2, 0.25) is 0 Å². The van der Waals surface area contributed by atoms with E-state index >= 15 is 0 Å². The van der Waals surface area contributed by atoms with Crippen molar-refractivity contribution in [1.29, 1.82) is 0 Å². The fourth-order valence-electron chi connectivity index (χ4n) is 4.87. The zero-order valence-electron chi connectivity index (χ0n) is 22.7. The number of carbonyl (C=O) groups excluding carboxylic acids is 2. The summed E-state index contributed by atoms with van der Waals surface area (Å²) in [6.45, 7) is 11.8. The average molecular weight is 537 g/mol. The summed E-state index contributed by atoms with van der Waals surface area (Å²) in [5.41, 5.74) is 8.75. The molecule has 9 heteroatoms. The molecule has 4 rings (SSSR count). The summed E-state index contributed by atoms with van der Waals surface area (Å²) in [5.74, 6) is 1.41. The average Bonchev–Trinajstić information content (AvgIpc) is 3.76. The number of rotatable bonds is 10. The normalized spacial score (nSPS) is 21.3. The third kappa shape index (κ3) is 7.23. The standard InChI is InChI=1S/C29H40N6O2S/c1-5-28(36)32-25-8-6-7-24(17-25)26-15-22(16-27(33(26)4)31-21(3)38-20(2)18-30)19-34-11-13-35(14-12-34)29(37)23-9-10-23/h5-8,15-18,21,23,26,31H,1,9-14,19,30H2,2-4H3,(H,32,36)/b20-18-. The Morgan fingerprint density at radius 1 is 1.24 bits per heavy atom. The molecule has 1 aromatic rings. The maximum absolute atomic E-state index is 12.5. The SMILES string of the molecule is C=CC(=O)Nc1cccc(C2C=C(CN3CCN(C(=O)C4CC4)CC3)C=C(NC(C)S/C(C)=C\N)N2C)c1. The van der Waals surface area contributed by atoms with Gasteiger partial charge in [0.1, 0.15) is 5.82 Å². The minimum Gasteiger partial charge on any atom is -0.404 e. The maximum atomic E-state index is 12.5. The van der Waals surface area contributed by atoms with E-state index in [0.29, 0.717) is 5.91 Å². The Morgan fingerprint density at radius 3 is 2.63 bits per heavy atom. The molecule has 2 atom stereocenters. The van der Waals surface area contributed by atoms with Crippen molar-refractivity contribution >= 4 is 29.3 Å². The number of allylic oxidation sites excluding steroid dienone is 1. The van der Waals surface area contributed by atoms with E-state index in [-0.39, 0.29) is 23.2 Å². The fraction of sp³-hybridized carbons (Fsp3) is 0.448. The molecule has 0 spiro atoms. The smallest absolute Gasteiger partial charge is 0.247 e. The van der Waals surface area contributed by atoms with Gasteiger partial charge in [-0.1, -0.05) is 24.8 Å². The van der Waals surface area contributed by atoms with E-state index in [1.54, 1.807) is 18.0 Å². The Labute approximate surface area is 230 Å². The van der Waals surface area contributed by atoms with Crippen molar-refractivity contribution in [3.63, 3.8) is 0 Å². The molecule has 1 saturated carbocycles. The fourth-order valence-corrected chi connectivity index (χ4v) is 5.69. The predicted molar refractivity (Wildman–Crippen MR) is 156 cm³/mol. The molecule has 2 amide bonds. The second-order valence-corrected chi connectivity index (χ2v) is 11.8. The molecule has 2 fully saturated rings. The first-order chi connectivity index (χ1) is 18.3. The molecule has 0 radical (unpaired) electrons. The first kappa shape index (κ1) is 27.9. The van der Waals surface area contributed by atoms with Gasteiger partial charge in [0.05, 0.1) is 11.4 Å². The number of nitrogens with one attached hydrogen (secondary N) is 2. The van der Waals surface area contributed by atoms with Crippen LogP contribution in [-0.2, 0) is 9.59 Å². The highest BCUT2D eigenvalue weighted by molar-refractivity contribution is 8.03. The first-order valence-corrected chi connectivity index (χ1v) is 14.2. The summed E-state index contributed by atoms with van der Waals surface area (Å²) < 4.78 is 0. The second-order valence-electron chi connectivity index (χ2n) is 10.2. The number of hydrogen-bond donors (Lipinski definition) is 3. The van der Waals surface area contributed by atoms with Gasteiger partial charge in [0.25, 0.3) is 0 Å². The van der Waals surface area contributed by atoms with E-state index in [2.05, 4.69) is 59.2 Å². The lowest BCUT2D eigenvalue weighted by Gasteiger charge is -2.38. The molecule has 0 bridgehead atoms. The van der Waals surface area contributed by atoms with Gasteiger partial charge in [-0.3, -0.25) is 14.5 Å². The largest absolute Gasteiger partial charge is 0.404 e. The molecular formula is C29H40N6O2S. The van der Waals surface area contributed by atoms with Gasteiger partial charge in [-0.15, -0.1) is 11.8 Å². The topological polar surface area (TPSA) is 93.9 Å². The van der Waals surface area contributed by atoms with Crippen LogP contribution in [0.3, 0.4) is 0 Å². The lowest BCUT2D eigenvalue weighted by Crippen LogP contribution is -2.49. The van der Waals surface area contributed by atoms with Crippen LogP contribution in [0.25, 0.3) is 0 Å². The van der Waals surface area contributed by atoms with Crippen molar-refractivity contribution in [2.45, 2.75) is 38.1 Å². The molecule has 38 heavy (non-hydrogen) atoms. The third-order valence-electron chi connectivity index (χ3n) is 7.14. The van der Waals surface area contributed by atoms with E-state index in [1.165, 1.54) is 11.6 Å². The van der Waals surface area contributed by atoms with Crippen molar-refractivity contribution in [2.24, 2.45) is 11.7 Å². The summed E-state index contributed by atoms with van der Waals surface area (Å²) in [6, 6.07) is 7.94. The molecule has 0 aromatic heterocycles. The molecule has 1 aliphatic carbocycles. The van der Waals surface area contributed by atoms with Crippen molar-refractivity contribution < 1.29 is 9.59 Å². The summed E-state index contributed by atoms with van der Waals surface area (Å²) in [7, 11) is 2.08. The van der Waals surface area contributed by atoms with E-state index in [0.717, 1.165) is 67.5 Å². The van der Waals surface area contributed by atoms with Crippen LogP contribution < -0.4 is 16.4 Å². The third-order valence-corrected chi connectivity index (χ3v) is 8.12. The van der Waals surface area contributed by atoms with Gasteiger partial charge in [-0.25, -0.2) is 0 Å². The van der Waals surface area contributed by atoms with Gasteiger partial charge < -0.3 is 26.2 Å². The number of amides is 2. The Balaban J connectivity index is 1.52. The number of benzene rings is 1. The zero-order chi connectivity index (χ0) is 27.2. The quantitative estimate of drug-likeness (QED) is 0.311. The van der Waals surface area contributed by atoms with E-state index in [1.807, 2.05) is 30.0 Å². The monoisotopic (exact) mass is 536 g/mol. The summed E-state index contributed by atoms with van der Waals surface area (Å²) in [5, 5.41) is 6.65. The number of nitrogens with two attached hydrogens (primary N) is 1. The van der Waals surface area contributed by atoms with E-state index in [9.17, 15) is 9.59 Å². The van der Waals surface area contributed by atoms with Gasteiger partial charge >= 0.3 is 0 Å². The Bertz CT molecular complexity index is 1130. The van der Waals surface area contributed by atoms with Crippen molar-refractivity contribution in [1.82, 2.24) is 20.0 Å². The minimum atomic E-state index is -0.230. The molecule has 204 valence electrons. The number of thioether (sulfide) groups is 1. The second kappa shape index (κ2) is 12.6. The molecule has 1 saturated heterocycles. The molecule has 3 aliphatic rings. The van der Waals surface area contributed by atoms with Crippen LogP contribution in [0, 0.1) is 5.92 Å². The van der Waals surface area contributed by atoms with Gasteiger partial charge in [0.2, 0.25) is 11.8 Å². The van der Waals surface area contributed by atoms with Crippen molar-refractivity contribution in [3.05, 3.63) is 77.1 Å². The van der Waals surface area contributed by atoms with Gasteiger partial charge in [0.15, 0.2) is 0 Å². The minimum absolute atomic E-state index is 0.0147. The number of piperazine rings is 1. The molecule has 2 aliphatic heterocycles. The Kier molecular flexibility index (Phi) is 9.22. The highest BCUT2D eigenvalue weighted by Crippen LogP contribution is 2.33. The predicted octanol–water partition coefficient (Wildman–Crippen LogP) is 3.61. The van der Waals surface area contributed by atoms with Crippen LogP contribution >= 0.6 is 11.8 Å². The summed E-state index contributed by atoms with van der Waals surface area (Å²) in [6.07, 6.45) is 9.53. The Morgan fingerprint density at radius 2 is 1.97 bits per heavy atom. The van der Waals surface area contributed by atoms with Crippen LogP contribution in [-0.4, -0.2) is 71.7 Å². The summed E-state index contributed by atoms with van der Waals surface area (Å²) >= 11 is 1.68. The number of nitrogens with zero attached hydrogens (tertiary/aromatic N) is 3. The lowest BCUT2D eigenvalue weighted by molar-refractivity contribution is -0.134. The highest BCUT2D eigenvalue weighted by atomic mass is 32.2. The first-order valence-electron chi connectivity index (χ1n) is 13.3. The zero-order valence-corrected chi connectivity index (χ0v) is 23.5. The van der Waals surface area contributed by atoms with E-state index in [4.69, 9.17) is 5.73 Å². The van der Waals surface area contributed by atoms with Gasteiger partial charge in [-0.05, 0) is 67.0 Å². The molecule has 4 N–H and O–H groups in total. The van der Waals surface area contributed by atoms with Crippen molar-refractivity contribution in [3.8, 4) is 0 Å². The summed E-state index contributed by atoms with van der Waals surface area (Å²) in [4.78, 5) is 32.1. The Hall–Kier alpha value is -3.17.